The van der Waals surface area contributed by atoms with Crippen molar-refractivity contribution in [1.29, 1.82) is 0 Å². The maximum atomic E-state index is 12.3. The maximum Gasteiger partial charge on any atom is 0.228 e. The van der Waals surface area contributed by atoms with E-state index in [1.165, 1.54) is 0 Å². The molecular formula is C16H20NO3-. The van der Waals surface area contributed by atoms with Crippen LogP contribution in [0.15, 0.2) is 24.3 Å². The molecule has 1 aliphatic carbocycles. The van der Waals surface area contributed by atoms with Crippen molar-refractivity contribution in [2.24, 2.45) is 11.8 Å². The van der Waals surface area contributed by atoms with Crippen LogP contribution in [0.25, 0.3) is 0 Å². The summed E-state index contributed by atoms with van der Waals surface area (Å²) in [6.45, 7) is 2.02. The Bertz CT molecular complexity index is 498. The van der Waals surface area contributed by atoms with Gasteiger partial charge in [0.25, 0.3) is 0 Å². The van der Waals surface area contributed by atoms with Crippen LogP contribution in [0, 0.1) is 11.8 Å². The van der Waals surface area contributed by atoms with Crippen LogP contribution in [0.2, 0.25) is 0 Å². The van der Waals surface area contributed by atoms with E-state index in [9.17, 15) is 14.7 Å². The summed E-state index contributed by atoms with van der Waals surface area (Å²) < 4.78 is 0. The number of anilines is 1. The second kappa shape index (κ2) is 6.55. The van der Waals surface area contributed by atoms with E-state index in [4.69, 9.17) is 0 Å². The van der Waals surface area contributed by atoms with E-state index in [0.29, 0.717) is 12.8 Å². The summed E-state index contributed by atoms with van der Waals surface area (Å²) in [6, 6.07) is 7.62. The van der Waals surface area contributed by atoms with Crippen LogP contribution in [-0.4, -0.2) is 11.9 Å². The van der Waals surface area contributed by atoms with E-state index in [0.717, 1.165) is 30.5 Å². The number of benzene rings is 1. The molecule has 0 bridgehead atoms. The molecule has 108 valence electrons. The zero-order chi connectivity index (χ0) is 14.5. The number of carbonyl (C=O) groups excluding carboxylic acids is 2. The average Bonchev–Trinajstić information content (AvgIpc) is 2.47. The first kappa shape index (κ1) is 14.6. The largest absolute Gasteiger partial charge is 0.550 e. The molecule has 1 fully saturated rings. The van der Waals surface area contributed by atoms with Crippen LogP contribution >= 0.6 is 0 Å². The fourth-order valence-corrected chi connectivity index (χ4v) is 2.90. The fraction of sp³-hybridized carbons (Fsp3) is 0.500. The normalized spacial score (nSPS) is 22.2. The quantitative estimate of drug-likeness (QED) is 0.909. The van der Waals surface area contributed by atoms with Gasteiger partial charge in [-0.1, -0.05) is 38.0 Å². The van der Waals surface area contributed by atoms with Gasteiger partial charge >= 0.3 is 0 Å². The highest BCUT2D eigenvalue weighted by Gasteiger charge is 2.31. The Morgan fingerprint density at radius 1 is 1.20 bits per heavy atom. The smallest absolute Gasteiger partial charge is 0.228 e. The van der Waals surface area contributed by atoms with Gasteiger partial charge in [0, 0.05) is 23.5 Å². The van der Waals surface area contributed by atoms with Gasteiger partial charge in [-0.2, -0.15) is 0 Å². The van der Waals surface area contributed by atoms with Gasteiger partial charge in [-0.3, -0.25) is 4.79 Å². The third-order valence-electron chi connectivity index (χ3n) is 4.06. The van der Waals surface area contributed by atoms with E-state index in [2.05, 4.69) is 5.32 Å². The first-order valence-electron chi connectivity index (χ1n) is 7.23. The third-order valence-corrected chi connectivity index (χ3v) is 4.06. The van der Waals surface area contributed by atoms with E-state index >= 15 is 0 Å². The standard InChI is InChI=1S/C16H21NO3/c1-2-11-7-3-6-10-14(11)17-15(18)12-8-4-5-9-13(12)16(19)20/h3,6-7,10,12-13H,2,4-5,8-9H2,1H3,(H,17,18)(H,19,20)/p-1/t12-,13-/m0/s1. The van der Waals surface area contributed by atoms with Gasteiger partial charge in [0.05, 0.1) is 0 Å². The monoisotopic (exact) mass is 274 g/mol. The minimum absolute atomic E-state index is 0.195. The first-order valence-corrected chi connectivity index (χ1v) is 7.23. The summed E-state index contributed by atoms with van der Waals surface area (Å²) in [6.07, 6.45) is 3.74. The lowest BCUT2D eigenvalue weighted by atomic mass is 9.78. The summed E-state index contributed by atoms with van der Waals surface area (Å²) in [7, 11) is 0. The number of carboxylic acid groups (broad SMARTS) is 1. The third kappa shape index (κ3) is 3.18. The van der Waals surface area contributed by atoms with E-state index in [1.807, 2.05) is 31.2 Å². The Hall–Kier alpha value is -1.84. The van der Waals surface area contributed by atoms with Gasteiger partial charge in [0.2, 0.25) is 5.91 Å². The molecule has 2 atom stereocenters. The molecule has 1 aromatic rings. The zero-order valence-electron chi connectivity index (χ0n) is 11.7. The molecule has 0 aliphatic heterocycles. The molecule has 1 aliphatic rings. The highest BCUT2D eigenvalue weighted by atomic mass is 16.4. The van der Waals surface area contributed by atoms with Crippen molar-refractivity contribution in [2.75, 3.05) is 5.32 Å². The Morgan fingerprint density at radius 2 is 1.85 bits per heavy atom. The Labute approximate surface area is 119 Å². The Kier molecular flexibility index (Phi) is 4.77. The highest BCUT2D eigenvalue weighted by Crippen LogP contribution is 2.31. The topological polar surface area (TPSA) is 69.2 Å². The average molecular weight is 274 g/mol. The SMILES string of the molecule is CCc1ccccc1NC(=O)[C@H]1CCCC[C@@H]1C(=O)[O-]. The number of hydrogen-bond donors (Lipinski definition) is 1. The molecule has 0 unspecified atom stereocenters. The van der Waals surface area contributed by atoms with Crippen molar-refractivity contribution in [1.82, 2.24) is 0 Å². The van der Waals surface area contributed by atoms with Crippen molar-refractivity contribution in [3.05, 3.63) is 29.8 Å². The molecule has 1 saturated carbocycles. The molecular weight excluding hydrogens is 254 g/mol. The number of amides is 1. The fourth-order valence-electron chi connectivity index (χ4n) is 2.90. The maximum absolute atomic E-state index is 12.3. The summed E-state index contributed by atoms with van der Waals surface area (Å²) in [4.78, 5) is 23.5. The van der Waals surface area contributed by atoms with Gasteiger partial charge in [0.1, 0.15) is 0 Å². The van der Waals surface area contributed by atoms with E-state index in [1.54, 1.807) is 0 Å². The van der Waals surface area contributed by atoms with Crippen LogP contribution in [0.3, 0.4) is 0 Å². The lowest BCUT2D eigenvalue weighted by Crippen LogP contribution is -2.42. The van der Waals surface area contributed by atoms with Crippen molar-refractivity contribution in [3.63, 3.8) is 0 Å². The van der Waals surface area contributed by atoms with E-state index < -0.39 is 17.8 Å². The van der Waals surface area contributed by atoms with Gasteiger partial charge < -0.3 is 15.2 Å². The Balaban J connectivity index is 2.12. The predicted molar refractivity (Wildman–Crippen MR) is 74.9 cm³/mol. The second-order valence-electron chi connectivity index (χ2n) is 5.32. The molecule has 0 heterocycles. The number of para-hydroxylation sites is 1. The number of aryl methyl sites for hydroxylation is 1. The van der Waals surface area contributed by atoms with Gasteiger partial charge in [-0.25, -0.2) is 0 Å². The molecule has 1 aromatic carbocycles. The van der Waals surface area contributed by atoms with Crippen LogP contribution in [0.5, 0.6) is 0 Å². The molecule has 1 amide bonds. The summed E-state index contributed by atoms with van der Waals surface area (Å²) in [5.41, 5.74) is 1.84. The summed E-state index contributed by atoms with van der Waals surface area (Å²) in [5, 5.41) is 14.0. The molecule has 0 aromatic heterocycles. The second-order valence-corrected chi connectivity index (χ2v) is 5.32. The van der Waals surface area contributed by atoms with E-state index in [-0.39, 0.29) is 5.91 Å². The molecule has 20 heavy (non-hydrogen) atoms. The summed E-state index contributed by atoms with van der Waals surface area (Å²) in [5.74, 6) is -2.43. The van der Waals surface area contributed by atoms with Gasteiger partial charge in [-0.05, 0) is 30.9 Å². The van der Waals surface area contributed by atoms with Gasteiger partial charge in [-0.15, -0.1) is 0 Å². The lowest BCUT2D eigenvalue weighted by Gasteiger charge is -2.31. The van der Waals surface area contributed by atoms with Crippen LogP contribution in [-0.2, 0) is 16.0 Å². The summed E-state index contributed by atoms with van der Waals surface area (Å²) >= 11 is 0. The minimum Gasteiger partial charge on any atom is -0.550 e. The molecule has 4 nitrogen and oxygen atoms in total. The number of hydrogen-bond acceptors (Lipinski definition) is 3. The number of carbonyl (C=O) groups is 2. The first-order chi connectivity index (χ1) is 9.63. The van der Waals surface area contributed by atoms with Crippen LogP contribution in [0.1, 0.15) is 38.2 Å². The van der Waals surface area contributed by atoms with Crippen LogP contribution in [0.4, 0.5) is 5.69 Å². The van der Waals surface area contributed by atoms with Gasteiger partial charge in [0.15, 0.2) is 0 Å². The minimum atomic E-state index is -1.10. The zero-order valence-corrected chi connectivity index (χ0v) is 11.7. The molecule has 2 rings (SSSR count). The molecule has 0 saturated heterocycles. The molecule has 4 heteroatoms. The van der Waals surface area contributed by atoms with Crippen molar-refractivity contribution < 1.29 is 14.7 Å². The number of rotatable bonds is 4. The Morgan fingerprint density at radius 3 is 2.50 bits per heavy atom. The van der Waals surface area contributed by atoms with Crippen LogP contribution < -0.4 is 10.4 Å². The van der Waals surface area contributed by atoms with Crippen molar-refractivity contribution in [2.45, 2.75) is 39.0 Å². The number of carboxylic acids is 1. The number of nitrogens with one attached hydrogen (secondary N) is 1. The van der Waals surface area contributed by atoms with Crippen molar-refractivity contribution >= 4 is 17.6 Å². The number of aliphatic carboxylic acids is 1. The molecule has 0 radical (unpaired) electrons. The highest BCUT2D eigenvalue weighted by molar-refractivity contribution is 5.95. The van der Waals surface area contributed by atoms with Crippen molar-refractivity contribution in [3.8, 4) is 0 Å². The predicted octanol–water partition coefficient (Wildman–Crippen LogP) is 1.74. The lowest BCUT2D eigenvalue weighted by molar-refractivity contribution is -0.313. The molecule has 1 N–H and O–H groups in total. The molecule has 0 spiro atoms.